The zero-order valence-corrected chi connectivity index (χ0v) is 16.6. The second kappa shape index (κ2) is 8.85. The van der Waals surface area contributed by atoms with Crippen LogP contribution in [0.25, 0.3) is 0 Å². The Morgan fingerprint density at radius 2 is 1.58 bits per heavy atom. The summed E-state index contributed by atoms with van der Waals surface area (Å²) in [6, 6.07) is 23.6. The van der Waals surface area contributed by atoms with Crippen molar-refractivity contribution < 1.29 is 0 Å². The molecule has 24 heavy (non-hydrogen) atoms. The molecule has 0 aromatic heterocycles. The minimum atomic E-state index is 0.597. The number of hydrogen-bond acceptors (Lipinski definition) is 1. The molecule has 1 nitrogen and oxygen atoms in total. The van der Waals surface area contributed by atoms with E-state index in [0.29, 0.717) is 15.0 Å². The Morgan fingerprint density at radius 1 is 0.958 bits per heavy atom. The van der Waals surface area contributed by atoms with E-state index in [1.165, 1.54) is 34.6 Å². The first-order valence-electron chi connectivity index (χ1n) is 9.29. The van der Waals surface area contributed by atoms with E-state index in [0.717, 1.165) is 24.5 Å². The van der Waals surface area contributed by atoms with Crippen LogP contribution in [0.3, 0.4) is 0 Å². The molecule has 1 aliphatic heterocycles. The molecule has 2 atom stereocenters. The van der Waals surface area contributed by atoms with Crippen molar-refractivity contribution in [2.45, 2.75) is 57.1 Å². The Hall–Kier alpha value is -1.08. The topological polar surface area (TPSA) is 3.24 Å². The quantitative estimate of drug-likeness (QED) is 0.603. The maximum absolute atomic E-state index is 2.80. The van der Waals surface area contributed by atoms with Crippen LogP contribution in [0.5, 0.6) is 0 Å². The number of rotatable bonds is 8. The molecule has 128 valence electrons. The van der Waals surface area contributed by atoms with Gasteiger partial charge in [0.2, 0.25) is 0 Å². The molecular formula is C22H29NSe. The number of hydrogen-bond donors (Lipinski definition) is 0. The zero-order chi connectivity index (χ0) is 16.8. The summed E-state index contributed by atoms with van der Waals surface area (Å²) in [5.41, 5.74) is 1.46. The Bertz CT molecular complexity index is 594. The third-order valence-corrected chi connectivity index (χ3v) is 7.82. The summed E-state index contributed by atoms with van der Waals surface area (Å²) in [5, 5.41) is 1.35. The average molecular weight is 386 g/mol. The summed E-state index contributed by atoms with van der Waals surface area (Å²) in [5.74, 6) is 0.856. The normalized spacial score (nSPS) is 21.0. The van der Waals surface area contributed by atoms with Crippen molar-refractivity contribution in [2.75, 3.05) is 0 Å². The summed E-state index contributed by atoms with van der Waals surface area (Å²) in [7, 11) is 0. The zero-order valence-electron chi connectivity index (χ0n) is 14.9. The van der Waals surface area contributed by atoms with Gasteiger partial charge in [-0.3, -0.25) is 0 Å². The van der Waals surface area contributed by atoms with Crippen LogP contribution in [-0.2, 0) is 6.54 Å². The average Bonchev–Trinajstić information content (AvgIpc) is 2.64. The number of nitrogens with zero attached hydrogens (tertiary/aromatic N) is 1. The number of benzene rings is 2. The molecule has 2 unspecified atom stereocenters. The van der Waals surface area contributed by atoms with Gasteiger partial charge in [-0.1, -0.05) is 0 Å². The van der Waals surface area contributed by atoms with Crippen molar-refractivity contribution in [1.82, 2.24) is 4.90 Å². The summed E-state index contributed by atoms with van der Waals surface area (Å²) in [6.45, 7) is 5.84. The van der Waals surface area contributed by atoms with Gasteiger partial charge in [-0.25, -0.2) is 0 Å². The predicted molar refractivity (Wildman–Crippen MR) is 105 cm³/mol. The molecule has 2 heteroatoms. The minimum absolute atomic E-state index is 0.597. The molecule has 1 saturated heterocycles. The Balaban J connectivity index is 1.64. The molecule has 2 aromatic carbocycles. The van der Waals surface area contributed by atoms with Crippen molar-refractivity contribution in [3.8, 4) is 0 Å². The van der Waals surface area contributed by atoms with Crippen LogP contribution in [0.4, 0.5) is 0 Å². The molecule has 0 N–H and O–H groups in total. The van der Waals surface area contributed by atoms with Gasteiger partial charge >= 0.3 is 154 Å². The van der Waals surface area contributed by atoms with Crippen molar-refractivity contribution in [3.63, 3.8) is 0 Å². The van der Waals surface area contributed by atoms with E-state index < -0.39 is 0 Å². The molecule has 1 aliphatic rings. The van der Waals surface area contributed by atoms with E-state index in [1.54, 1.807) is 0 Å². The van der Waals surface area contributed by atoms with Crippen molar-refractivity contribution >= 4 is 19.4 Å². The molecule has 0 aliphatic carbocycles. The molecule has 2 aromatic rings. The van der Waals surface area contributed by atoms with Crippen LogP contribution in [-0.4, -0.2) is 31.9 Å². The van der Waals surface area contributed by atoms with Gasteiger partial charge in [0.05, 0.1) is 0 Å². The third kappa shape index (κ3) is 4.30. The van der Waals surface area contributed by atoms with Gasteiger partial charge in [-0.05, 0) is 0 Å². The molecule has 0 spiro atoms. The molecule has 3 rings (SSSR count). The maximum atomic E-state index is 2.80. The van der Waals surface area contributed by atoms with Gasteiger partial charge in [0.25, 0.3) is 0 Å². The fourth-order valence-corrected chi connectivity index (χ4v) is 6.12. The molecule has 0 radical (unpaired) electrons. The monoisotopic (exact) mass is 387 g/mol. The van der Waals surface area contributed by atoms with Crippen LogP contribution in [0, 0.1) is 5.92 Å². The Morgan fingerprint density at radius 3 is 2.21 bits per heavy atom. The summed E-state index contributed by atoms with van der Waals surface area (Å²) < 4.78 is 1.54. The van der Waals surface area contributed by atoms with Crippen LogP contribution in [0.15, 0.2) is 60.7 Å². The van der Waals surface area contributed by atoms with Crippen LogP contribution >= 0.6 is 0 Å². The Kier molecular flexibility index (Phi) is 6.54. The van der Waals surface area contributed by atoms with E-state index in [4.69, 9.17) is 0 Å². The Labute approximate surface area is 153 Å². The predicted octanol–water partition coefficient (Wildman–Crippen LogP) is 4.51. The summed E-state index contributed by atoms with van der Waals surface area (Å²) >= 11 is 0.597. The fraction of sp³-hybridized carbons (Fsp3) is 0.455. The second-order valence-corrected chi connectivity index (χ2v) is 9.11. The van der Waals surface area contributed by atoms with E-state index in [1.807, 2.05) is 0 Å². The van der Waals surface area contributed by atoms with Crippen molar-refractivity contribution in [3.05, 3.63) is 66.2 Å². The first kappa shape index (κ1) is 17.7. The molecule has 1 fully saturated rings. The van der Waals surface area contributed by atoms with Crippen molar-refractivity contribution in [1.29, 1.82) is 0 Å². The first-order valence-corrected chi connectivity index (χ1v) is 11.4. The summed E-state index contributed by atoms with van der Waals surface area (Å²) in [4.78, 5) is 2.80. The van der Waals surface area contributed by atoms with Crippen LogP contribution in [0.1, 0.15) is 38.7 Å². The molecule has 0 saturated carbocycles. The summed E-state index contributed by atoms with van der Waals surface area (Å²) in [6.07, 6.45) is 4.01. The van der Waals surface area contributed by atoms with E-state index in [2.05, 4.69) is 79.4 Å². The van der Waals surface area contributed by atoms with E-state index in [9.17, 15) is 0 Å². The van der Waals surface area contributed by atoms with Crippen LogP contribution < -0.4 is 4.46 Å². The number of likely N-dealkylation sites (tertiary alicyclic amines) is 1. The van der Waals surface area contributed by atoms with Gasteiger partial charge in [0.1, 0.15) is 0 Å². The van der Waals surface area contributed by atoms with Gasteiger partial charge in [-0.15, -0.1) is 0 Å². The van der Waals surface area contributed by atoms with Gasteiger partial charge in [0.15, 0.2) is 0 Å². The fourth-order valence-electron chi connectivity index (χ4n) is 3.89. The van der Waals surface area contributed by atoms with Crippen LogP contribution in [0.2, 0.25) is 5.32 Å². The van der Waals surface area contributed by atoms with Gasteiger partial charge in [-0.2, -0.15) is 0 Å². The van der Waals surface area contributed by atoms with E-state index in [-0.39, 0.29) is 0 Å². The second-order valence-electron chi connectivity index (χ2n) is 6.82. The molecule has 0 amide bonds. The van der Waals surface area contributed by atoms with Gasteiger partial charge in [0, 0.05) is 0 Å². The first-order chi connectivity index (χ1) is 11.8. The van der Waals surface area contributed by atoms with Crippen molar-refractivity contribution in [2.24, 2.45) is 5.92 Å². The molecule has 1 heterocycles. The third-order valence-electron chi connectivity index (χ3n) is 5.40. The SMILES string of the molecule is CCC(CC)C1CC(C[Se]c2ccccc2)N1Cc1ccccc1. The molecule has 0 bridgehead atoms. The standard InChI is InChI=1S/C22H29NSe/c1-3-19(4-2)22-15-20(17-24-21-13-9-6-10-14-21)23(22)16-18-11-7-5-8-12-18/h5-14,19-20,22H,3-4,15-17H2,1-2H3. The van der Waals surface area contributed by atoms with Gasteiger partial charge < -0.3 is 0 Å². The molecular weight excluding hydrogens is 357 g/mol. The van der Waals surface area contributed by atoms with E-state index >= 15 is 0 Å².